The molecule has 5 rings (SSSR count). The molecule has 2 bridgehead atoms. The van der Waals surface area contributed by atoms with Gasteiger partial charge >= 0.3 is 5.97 Å². The highest BCUT2D eigenvalue weighted by Crippen LogP contribution is 2.44. The van der Waals surface area contributed by atoms with Crippen LogP contribution in [0.5, 0.6) is 0 Å². The van der Waals surface area contributed by atoms with Crippen molar-refractivity contribution in [2.24, 2.45) is 0 Å². The second-order valence-electron chi connectivity index (χ2n) is 10.7. The van der Waals surface area contributed by atoms with Gasteiger partial charge in [-0.1, -0.05) is 44.2 Å². The van der Waals surface area contributed by atoms with Crippen molar-refractivity contribution in [2.45, 2.75) is 107 Å². The Bertz CT molecular complexity index is 1080. The maximum Gasteiger partial charge on any atom is 0.306 e. The predicted molar refractivity (Wildman–Crippen MR) is 136 cm³/mol. The molecule has 0 amide bonds. The van der Waals surface area contributed by atoms with E-state index >= 15 is 0 Å². The molecule has 2 aromatic rings. The topological polar surface area (TPSA) is 108 Å². The van der Waals surface area contributed by atoms with Gasteiger partial charge < -0.3 is 20.1 Å². The highest BCUT2D eigenvalue weighted by molar-refractivity contribution is 5.76. The first kappa shape index (κ1) is 24.3. The van der Waals surface area contributed by atoms with Crippen molar-refractivity contribution < 1.29 is 15.0 Å². The van der Waals surface area contributed by atoms with E-state index in [9.17, 15) is 14.7 Å². The number of carboxylic acid groups (broad SMARTS) is 1. The van der Waals surface area contributed by atoms with Crippen molar-refractivity contribution in [1.82, 2.24) is 14.5 Å². The number of carboxylic acids is 1. The minimum absolute atomic E-state index is 0.0295. The molecular formula is C27H38N4O4. The van der Waals surface area contributed by atoms with E-state index in [0.29, 0.717) is 18.1 Å². The van der Waals surface area contributed by atoms with E-state index in [2.05, 4.69) is 15.2 Å². The number of aliphatic hydroxyl groups is 1. The zero-order chi connectivity index (χ0) is 24.4. The first-order chi connectivity index (χ1) is 17.0. The van der Waals surface area contributed by atoms with Crippen molar-refractivity contribution in [1.29, 1.82) is 0 Å². The number of carbonyl (C=O) groups is 1. The van der Waals surface area contributed by atoms with Crippen LogP contribution in [0.1, 0.15) is 83.1 Å². The molecule has 3 N–H and O–H groups in total. The molecule has 190 valence electrons. The third kappa shape index (κ3) is 5.23. The highest BCUT2D eigenvalue weighted by atomic mass is 16.4. The molecular weight excluding hydrogens is 444 g/mol. The van der Waals surface area contributed by atoms with Gasteiger partial charge in [0.2, 0.25) is 0 Å². The number of nitrogens with zero attached hydrogens (tertiary/aromatic N) is 3. The molecule has 3 heterocycles. The standard InChI is InChI=1S/C27H38N4O4/c32-22(16-25(33)34)17-28-26-27(35)31(24-11-7-6-10-23(24)29-26)21-14-19-12-13-20(15-21)30(19)18-8-4-2-1-3-5-9-18/h6-7,10-11,18-22,32H,1-5,8-9,12-17H2,(H,28,29)(H,33,34)/t19-,20+,21?,22?. The van der Waals surface area contributed by atoms with Crippen LogP contribution in [0.4, 0.5) is 5.82 Å². The Balaban J connectivity index is 1.40. The normalized spacial score (nSPS) is 26.8. The third-order valence-electron chi connectivity index (χ3n) is 8.34. The van der Waals surface area contributed by atoms with Crippen molar-refractivity contribution in [2.75, 3.05) is 11.9 Å². The molecule has 3 aliphatic rings. The van der Waals surface area contributed by atoms with Crippen molar-refractivity contribution in [3.8, 4) is 0 Å². The minimum atomic E-state index is -1.09. The number of anilines is 1. The van der Waals surface area contributed by atoms with Crippen LogP contribution >= 0.6 is 0 Å². The van der Waals surface area contributed by atoms with Gasteiger partial charge in [0.1, 0.15) is 0 Å². The molecule has 0 spiro atoms. The molecule has 3 fully saturated rings. The van der Waals surface area contributed by atoms with E-state index in [1.807, 2.05) is 28.8 Å². The fraction of sp³-hybridized carbons (Fsp3) is 0.667. The molecule has 35 heavy (non-hydrogen) atoms. The van der Waals surface area contributed by atoms with E-state index in [0.717, 1.165) is 23.9 Å². The summed E-state index contributed by atoms with van der Waals surface area (Å²) >= 11 is 0. The second kappa shape index (κ2) is 10.7. The fourth-order valence-corrected chi connectivity index (χ4v) is 6.84. The monoisotopic (exact) mass is 482 g/mol. The van der Waals surface area contributed by atoms with Gasteiger partial charge in [0.25, 0.3) is 5.56 Å². The summed E-state index contributed by atoms with van der Waals surface area (Å²) in [6.45, 7) is -0.0295. The van der Waals surface area contributed by atoms with Gasteiger partial charge in [0, 0.05) is 30.7 Å². The second-order valence-corrected chi connectivity index (χ2v) is 10.7. The Morgan fingerprint density at radius 2 is 1.63 bits per heavy atom. The van der Waals surface area contributed by atoms with Crippen LogP contribution in [0.3, 0.4) is 0 Å². The van der Waals surface area contributed by atoms with Crippen molar-refractivity contribution in [3.05, 3.63) is 34.6 Å². The van der Waals surface area contributed by atoms with E-state index in [-0.39, 0.29) is 30.4 Å². The van der Waals surface area contributed by atoms with Gasteiger partial charge in [-0.2, -0.15) is 0 Å². The number of rotatable bonds is 7. The molecule has 1 saturated carbocycles. The molecule has 0 radical (unpaired) electrons. The smallest absolute Gasteiger partial charge is 0.306 e. The molecule has 1 aliphatic carbocycles. The van der Waals surface area contributed by atoms with Crippen LogP contribution in [-0.4, -0.2) is 61.4 Å². The number of aliphatic hydroxyl groups excluding tert-OH is 1. The SMILES string of the molecule is O=C(O)CC(O)CNc1nc2ccccc2n(C2C[C@H]3CC[C@@H](C2)N3C2CCCCCCC2)c1=O. The molecule has 2 unspecified atom stereocenters. The largest absolute Gasteiger partial charge is 0.481 e. The van der Waals surface area contributed by atoms with Crippen LogP contribution in [0, 0.1) is 0 Å². The zero-order valence-corrected chi connectivity index (χ0v) is 20.4. The first-order valence-corrected chi connectivity index (χ1v) is 13.4. The van der Waals surface area contributed by atoms with E-state index in [1.165, 1.54) is 57.8 Å². The number of aromatic nitrogens is 2. The predicted octanol–water partition coefficient (Wildman–Crippen LogP) is 3.92. The number of fused-ring (bicyclic) bond motifs is 3. The summed E-state index contributed by atoms with van der Waals surface area (Å²) in [7, 11) is 0. The number of para-hydroxylation sites is 2. The maximum atomic E-state index is 13.6. The Morgan fingerprint density at radius 1 is 0.971 bits per heavy atom. The summed E-state index contributed by atoms with van der Waals surface area (Å²) in [6, 6.07) is 9.58. The summed E-state index contributed by atoms with van der Waals surface area (Å²) in [5, 5.41) is 21.8. The van der Waals surface area contributed by atoms with E-state index in [1.54, 1.807) is 0 Å². The number of aliphatic carboxylic acids is 1. The van der Waals surface area contributed by atoms with Crippen molar-refractivity contribution >= 4 is 22.8 Å². The molecule has 4 atom stereocenters. The Kier molecular flexibility index (Phi) is 7.39. The zero-order valence-electron chi connectivity index (χ0n) is 20.4. The number of piperidine rings is 1. The van der Waals surface area contributed by atoms with Gasteiger partial charge in [-0.15, -0.1) is 0 Å². The maximum absolute atomic E-state index is 13.6. The van der Waals surface area contributed by atoms with Crippen molar-refractivity contribution in [3.63, 3.8) is 0 Å². The molecule has 1 aromatic carbocycles. The fourth-order valence-electron chi connectivity index (χ4n) is 6.84. The summed E-state index contributed by atoms with van der Waals surface area (Å²) in [4.78, 5) is 31.9. The Labute approximate surface area is 206 Å². The van der Waals surface area contributed by atoms with Crippen LogP contribution in [0.2, 0.25) is 0 Å². The minimum Gasteiger partial charge on any atom is -0.481 e. The van der Waals surface area contributed by atoms with Crippen LogP contribution < -0.4 is 10.9 Å². The number of nitrogens with one attached hydrogen (secondary N) is 1. The molecule has 2 saturated heterocycles. The quantitative estimate of drug-likeness (QED) is 0.549. The average Bonchev–Trinajstić information content (AvgIpc) is 3.06. The Morgan fingerprint density at radius 3 is 2.31 bits per heavy atom. The number of benzene rings is 1. The lowest BCUT2D eigenvalue weighted by Gasteiger charge is -2.45. The number of hydrogen-bond donors (Lipinski definition) is 3. The number of hydrogen-bond acceptors (Lipinski definition) is 6. The molecule has 1 aromatic heterocycles. The molecule has 2 aliphatic heterocycles. The summed E-state index contributed by atoms with van der Waals surface area (Å²) in [6.07, 6.45) is 12.3. The lowest BCUT2D eigenvalue weighted by Crippen LogP contribution is -2.50. The third-order valence-corrected chi connectivity index (χ3v) is 8.34. The van der Waals surface area contributed by atoms with Gasteiger partial charge in [-0.25, -0.2) is 4.98 Å². The van der Waals surface area contributed by atoms with Crippen LogP contribution in [-0.2, 0) is 4.79 Å². The van der Waals surface area contributed by atoms with Gasteiger partial charge in [-0.05, 0) is 50.7 Å². The summed E-state index contributed by atoms with van der Waals surface area (Å²) < 4.78 is 1.93. The first-order valence-electron chi connectivity index (χ1n) is 13.4. The van der Waals surface area contributed by atoms with Gasteiger partial charge in [0.15, 0.2) is 5.82 Å². The lowest BCUT2D eigenvalue weighted by molar-refractivity contribution is -0.138. The van der Waals surface area contributed by atoms with Gasteiger partial charge in [-0.3, -0.25) is 14.5 Å². The molecule has 8 nitrogen and oxygen atoms in total. The average molecular weight is 483 g/mol. The Hall–Kier alpha value is -2.45. The van der Waals surface area contributed by atoms with E-state index in [4.69, 9.17) is 5.11 Å². The molecule has 8 heteroatoms. The van der Waals surface area contributed by atoms with E-state index < -0.39 is 12.1 Å². The van der Waals surface area contributed by atoms with Crippen LogP contribution in [0.15, 0.2) is 29.1 Å². The van der Waals surface area contributed by atoms with Crippen LogP contribution in [0.25, 0.3) is 11.0 Å². The highest BCUT2D eigenvalue weighted by Gasteiger charge is 2.44. The van der Waals surface area contributed by atoms with Gasteiger partial charge in [0.05, 0.1) is 23.6 Å². The summed E-state index contributed by atoms with van der Waals surface area (Å²) in [5.74, 6) is -0.891. The lowest BCUT2D eigenvalue weighted by atomic mass is 9.89. The summed E-state index contributed by atoms with van der Waals surface area (Å²) in [5.41, 5.74) is 1.39.